The SMILES string of the molecule is O=C(Nc1cccc(S(=O)(=O)Nc2ccc(Cl)cc2)c1)c1cnc2ccccc2n1. The lowest BCUT2D eigenvalue weighted by atomic mass is 10.3. The smallest absolute Gasteiger partial charge is 0.275 e. The second-order valence-electron chi connectivity index (χ2n) is 6.34. The average Bonchev–Trinajstić information content (AvgIpc) is 2.75. The maximum absolute atomic E-state index is 12.7. The summed E-state index contributed by atoms with van der Waals surface area (Å²) in [5.41, 5.74) is 2.08. The van der Waals surface area contributed by atoms with E-state index in [1.54, 1.807) is 48.5 Å². The quantitative estimate of drug-likeness (QED) is 0.482. The minimum atomic E-state index is -3.85. The van der Waals surface area contributed by atoms with Crippen LogP contribution in [0.4, 0.5) is 11.4 Å². The molecule has 0 fully saturated rings. The number of nitrogens with one attached hydrogen (secondary N) is 2. The van der Waals surface area contributed by atoms with Gasteiger partial charge in [-0.2, -0.15) is 0 Å². The molecule has 4 rings (SSSR count). The number of anilines is 2. The summed E-state index contributed by atoms with van der Waals surface area (Å²) in [6, 6.07) is 19.4. The Kier molecular flexibility index (Phi) is 5.35. The number of carbonyl (C=O) groups excluding carboxylic acids is 1. The van der Waals surface area contributed by atoms with E-state index in [4.69, 9.17) is 11.6 Å². The van der Waals surface area contributed by atoms with Crippen LogP contribution in [0, 0.1) is 0 Å². The summed E-state index contributed by atoms with van der Waals surface area (Å²) in [6.07, 6.45) is 1.38. The minimum absolute atomic E-state index is 0.000143. The molecule has 0 aliphatic rings. The molecule has 9 heteroatoms. The van der Waals surface area contributed by atoms with E-state index in [1.807, 2.05) is 6.07 Å². The summed E-state index contributed by atoms with van der Waals surface area (Å²) in [5, 5.41) is 3.16. The molecule has 0 unspecified atom stereocenters. The Balaban J connectivity index is 1.54. The molecule has 7 nitrogen and oxygen atoms in total. The predicted molar refractivity (Wildman–Crippen MR) is 116 cm³/mol. The van der Waals surface area contributed by atoms with Gasteiger partial charge in [0.25, 0.3) is 15.9 Å². The van der Waals surface area contributed by atoms with E-state index in [1.165, 1.54) is 24.4 Å². The van der Waals surface area contributed by atoms with Crippen molar-refractivity contribution in [3.63, 3.8) is 0 Å². The molecule has 0 saturated carbocycles. The van der Waals surface area contributed by atoms with Crippen LogP contribution in [-0.2, 0) is 10.0 Å². The van der Waals surface area contributed by atoms with Gasteiger partial charge in [0.15, 0.2) is 0 Å². The summed E-state index contributed by atoms with van der Waals surface area (Å²) in [5.74, 6) is -0.492. The molecule has 0 radical (unpaired) electrons. The van der Waals surface area contributed by atoms with Crippen LogP contribution in [0.5, 0.6) is 0 Å². The molecular weight excluding hydrogens is 424 g/mol. The van der Waals surface area contributed by atoms with Gasteiger partial charge in [0.1, 0.15) is 5.69 Å². The number of nitrogens with zero attached hydrogens (tertiary/aromatic N) is 2. The molecule has 1 amide bonds. The highest BCUT2D eigenvalue weighted by molar-refractivity contribution is 7.92. The Hall–Kier alpha value is -3.49. The fourth-order valence-corrected chi connectivity index (χ4v) is 3.96. The van der Waals surface area contributed by atoms with Gasteiger partial charge in [-0.15, -0.1) is 0 Å². The monoisotopic (exact) mass is 438 g/mol. The van der Waals surface area contributed by atoms with Crippen molar-refractivity contribution in [3.8, 4) is 0 Å². The number of sulfonamides is 1. The third kappa shape index (κ3) is 4.40. The van der Waals surface area contributed by atoms with Gasteiger partial charge in [0.2, 0.25) is 0 Å². The van der Waals surface area contributed by atoms with Crippen LogP contribution in [0.25, 0.3) is 11.0 Å². The van der Waals surface area contributed by atoms with Crippen molar-refractivity contribution < 1.29 is 13.2 Å². The van der Waals surface area contributed by atoms with E-state index in [2.05, 4.69) is 20.0 Å². The Bertz CT molecular complexity index is 1340. The Morgan fingerprint density at radius 3 is 2.37 bits per heavy atom. The first-order valence-corrected chi connectivity index (χ1v) is 10.7. The molecule has 0 bridgehead atoms. The molecule has 0 aliphatic carbocycles. The molecule has 150 valence electrons. The first kappa shape index (κ1) is 19.8. The van der Waals surface area contributed by atoms with Crippen LogP contribution in [0.2, 0.25) is 5.02 Å². The first-order chi connectivity index (χ1) is 14.4. The Morgan fingerprint density at radius 1 is 0.867 bits per heavy atom. The lowest BCUT2D eigenvalue weighted by molar-refractivity contribution is 0.102. The highest BCUT2D eigenvalue weighted by Gasteiger charge is 2.16. The largest absolute Gasteiger partial charge is 0.321 e. The number of amides is 1. The van der Waals surface area contributed by atoms with E-state index in [-0.39, 0.29) is 10.6 Å². The van der Waals surface area contributed by atoms with E-state index in [0.717, 1.165) is 0 Å². The molecule has 0 aliphatic heterocycles. The minimum Gasteiger partial charge on any atom is -0.321 e. The molecule has 30 heavy (non-hydrogen) atoms. The maximum atomic E-state index is 12.7. The standard InChI is InChI=1S/C21H15ClN4O3S/c22-14-8-10-15(11-9-14)26-30(28,29)17-5-3-4-16(12-17)24-21(27)20-13-23-18-6-1-2-7-19(18)25-20/h1-13,26H,(H,24,27). The summed E-state index contributed by atoms with van der Waals surface area (Å²) >= 11 is 5.82. The summed E-state index contributed by atoms with van der Waals surface area (Å²) in [6.45, 7) is 0. The van der Waals surface area contributed by atoms with Gasteiger partial charge in [-0.3, -0.25) is 14.5 Å². The van der Waals surface area contributed by atoms with Crippen LogP contribution in [0.3, 0.4) is 0 Å². The Morgan fingerprint density at radius 2 is 1.60 bits per heavy atom. The number of hydrogen-bond donors (Lipinski definition) is 2. The summed E-state index contributed by atoms with van der Waals surface area (Å²) in [7, 11) is -3.85. The molecule has 1 heterocycles. The van der Waals surface area contributed by atoms with Gasteiger partial charge in [-0.25, -0.2) is 13.4 Å². The van der Waals surface area contributed by atoms with Gasteiger partial charge in [0.05, 0.1) is 22.1 Å². The zero-order valence-electron chi connectivity index (χ0n) is 15.4. The number of hydrogen-bond acceptors (Lipinski definition) is 5. The molecule has 3 aromatic carbocycles. The van der Waals surface area contributed by atoms with Crippen molar-refractivity contribution in [3.05, 3.63) is 89.7 Å². The number of benzene rings is 3. The van der Waals surface area contributed by atoms with Crippen LogP contribution in [0.15, 0.2) is 83.9 Å². The number of fused-ring (bicyclic) bond motifs is 1. The lowest BCUT2D eigenvalue weighted by Gasteiger charge is -2.10. The van der Waals surface area contributed by atoms with Crippen molar-refractivity contribution in [2.75, 3.05) is 10.0 Å². The number of halogens is 1. The maximum Gasteiger partial charge on any atom is 0.275 e. The van der Waals surface area contributed by atoms with E-state index >= 15 is 0 Å². The van der Waals surface area contributed by atoms with E-state index in [9.17, 15) is 13.2 Å². The third-order valence-corrected chi connectivity index (χ3v) is 5.81. The first-order valence-electron chi connectivity index (χ1n) is 8.82. The molecule has 0 spiro atoms. The third-order valence-electron chi connectivity index (χ3n) is 4.18. The van der Waals surface area contributed by atoms with Crippen molar-refractivity contribution in [2.45, 2.75) is 4.90 Å². The topological polar surface area (TPSA) is 101 Å². The van der Waals surface area contributed by atoms with Crippen molar-refractivity contribution in [2.24, 2.45) is 0 Å². The highest BCUT2D eigenvalue weighted by atomic mass is 35.5. The van der Waals surface area contributed by atoms with Gasteiger partial charge in [0, 0.05) is 16.4 Å². The lowest BCUT2D eigenvalue weighted by Crippen LogP contribution is -2.16. The second-order valence-corrected chi connectivity index (χ2v) is 8.46. The van der Waals surface area contributed by atoms with Crippen molar-refractivity contribution in [1.29, 1.82) is 0 Å². The second kappa shape index (κ2) is 8.10. The van der Waals surface area contributed by atoms with Crippen LogP contribution >= 0.6 is 11.6 Å². The molecule has 4 aromatic rings. The normalized spacial score (nSPS) is 11.2. The van der Waals surface area contributed by atoms with Crippen LogP contribution in [-0.4, -0.2) is 24.3 Å². The molecule has 0 atom stereocenters. The Labute approximate surface area is 177 Å². The zero-order chi connectivity index (χ0) is 21.1. The fourth-order valence-electron chi connectivity index (χ4n) is 2.73. The molecular formula is C21H15ClN4O3S. The summed E-state index contributed by atoms with van der Waals surface area (Å²) in [4.78, 5) is 21.1. The summed E-state index contributed by atoms with van der Waals surface area (Å²) < 4.78 is 27.8. The molecule has 1 aromatic heterocycles. The number of para-hydroxylation sites is 2. The van der Waals surface area contributed by atoms with E-state index in [0.29, 0.717) is 27.4 Å². The van der Waals surface area contributed by atoms with Crippen LogP contribution < -0.4 is 10.0 Å². The van der Waals surface area contributed by atoms with Gasteiger partial charge >= 0.3 is 0 Å². The highest BCUT2D eigenvalue weighted by Crippen LogP contribution is 2.21. The number of aromatic nitrogens is 2. The van der Waals surface area contributed by atoms with Gasteiger partial charge in [-0.1, -0.05) is 29.8 Å². The van der Waals surface area contributed by atoms with Crippen LogP contribution in [0.1, 0.15) is 10.5 Å². The van der Waals surface area contributed by atoms with Gasteiger partial charge < -0.3 is 5.32 Å². The fraction of sp³-hybridized carbons (Fsp3) is 0. The van der Waals surface area contributed by atoms with Gasteiger partial charge in [-0.05, 0) is 54.6 Å². The molecule has 0 saturated heterocycles. The van der Waals surface area contributed by atoms with Crippen molar-refractivity contribution in [1.82, 2.24) is 9.97 Å². The molecule has 2 N–H and O–H groups in total. The van der Waals surface area contributed by atoms with Crippen molar-refractivity contribution >= 4 is 49.9 Å². The van der Waals surface area contributed by atoms with E-state index < -0.39 is 15.9 Å². The number of carbonyl (C=O) groups is 1. The average molecular weight is 439 g/mol. The number of rotatable bonds is 5. The zero-order valence-corrected chi connectivity index (χ0v) is 17.0. The predicted octanol–water partition coefficient (Wildman–Crippen LogP) is 4.34.